The summed E-state index contributed by atoms with van der Waals surface area (Å²) in [6.45, 7) is 2.05. The minimum absolute atomic E-state index is 0.0807. The summed E-state index contributed by atoms with van der Waals surface area (Å²) in [6.07, 6.45) is 2.03. The molecule has 1 heterocycles. The molecule has 0 bridgehead atoms. The third kappa shape index (κ3) is 3.61. The van der Waals surface area contributed by atoms with E-state index in [4.69, 9.17) is 4.99 Å². The molecule has 0 fully saturated rings. The quantitative estimate of drug-likeness (QED) is 0.549. The van der Waals surface area contributed by atoms with Gasteiger partial charge in [-0.2, -0.15) is 0 Å². The van der Waals surface area contributed by atoms with E-state index in [1.807, 2.05) is 72.5 Å². The molecule has 28 heavy (non-hydrogen) atoms. The highest BCUT2D eigenvalue weighted by Gasteiger charge is 2.31. The van der Waals surface area contributed by atoms with Crippen LogP contribution < -0.4 is 4.90 Å². The smallest absolute Gasteiger partial charge is 0.227 e. The van der Waals surface area contributed by atoms with Crippen LogP contribution in [0.15, 0.2) is 89.9 Å². The lowest BCUT2D eigenvalue weighted by Gasteiger charge is -2.31. The van der Waals surface area contributed by atoms with E-state index in [1.54, 1.807) is 0 Å². The van der Waals surface area contributed by atoms with Gasteiger partial charge in [0.15, 0.2) is 0 Å². The molecule has 3 heteroatoms. The number of aliphatic imine (C=N–C) groups is 1. The minimum Gasteiger partial charge on any atom is -0.302 e. The molecule has 4 rings (SSSR count). The summed E-state index contributed by atoms with van der Waals surface area (Å²) in [5, 5.41) is 0. The van der Waals surface area contributed by atoms with Gasteiger partial charge in [-0.15, -0.1) is 0 Å². The number of benzene rings is 3. The molecule has 0 radical (unpaired) electrons. The third-order valence-electron chi connectivity index (χ3n) is 5.12. The summed E-state index contributed by atoms with van der Waals surface area (Å²) in [5.41, 5.74) is 4.98. The fourth-order valence-electron chi connectivity index (χ4n) is 3.79. The lowest BCUT2D eigenvalue weighted by Crippen LogP contribution is -2.35. The Bertz CT molecular complexity index is 980. The number of hydrogen-bond donors (Lipinski definition) is 0. The van der Waals surface area contributed by atoms with Crippen molar-refractivity contribution in [2.75, 3.05) is 4.90 Å². The van der Waals surface area contributed by atoms with Crippen molar-refractivity contribution in [3.8, 4) is 0 Å². The highest BCUT2D eigenvalue weighted by Crippen LogP contribution is 2.41. The Morgan fingerprint density at radius 1 is 0.929 bits per heavy atom. The van der Waals surface area contributed by atoms with Gasteiger partial charge in [0.1, 0.15) is 0 Å². The van der Waals surface area contributed by atoms with E-state index < -0.39 is 0 Å². The van der Waals surface area contributed by atoms with E-state index in [1.165, 1.54) is 0 Å². The van der Waals surface area contributed by atoms with Crippen molar-refractivity contribution >= 4 is 23.0 Å². The van der Waals surface area contributed by atoms with Crippen molar-refractivity contribution in [2.24, 2.45) is 4.99 Å². The van der Waals surface area contributed by atoms with Crippen LogP contribution in [0.4, 0.5) is 11.4 Å². The van der Waals surface area contributed by atoms with Crippen LogP contribution >= 0.6 is 0 Å². The largest absolute Gasteiger partial charge is 0.302 e. The number of fused-ring (bicyclic) bond motifs is 1. The van der Waals surface area contributed by atoms with Crippen LogP contribution in [0.25, 0.3) is 0 Å². The number of nitrogens with zero attached hydrogens (tertiary/aromatic N) is 2. The van der Waals surface area contributed by atoms with Crippen LogP contribution in [0.1, 0.15) is 43.4 Å². The van der Waals surface area contributed by atoms with Gasteiger partial charge < -0.3 is 4.90 Å². The number of carbonyl (C=O) groups excluding carboxylic acids is 1. The fourth-order valence-corrected chi connectivity index (χ4v) is 3.79. The molecule has 0 unspecified atom stereocenters. The monoisotopic (exact) mass is 368 g/mol. The maximum atomic E-state index is 13.2. The van der Waals surface area contributed by atoms with Crippen molar-refractivity contribution in [1.29, 1.82) is 0 Å². The Kier molecular flexibility index (Phi) is 5.34. The van der Waals surface area contributed by atoms with E-state index in [0.29, 0.717) is 12.8 Å². The summed E-state index contributed by atoms with van der Waals surface area (Å²) < 4.78 is 0. The molecule has 3 nitrogen and oxygen atoms in total. The van der Waals surface area contributed by atoms with Crippen molar-refractivity contribution < 1.29 is 4.79 Å². The first-order valence-corrected chi connectivity index (χ1v) is 9.87. The standard InChI is InChI=1S/C25H24N2O/c1-2-11-25(28)27-23-17-10-9-16-21(23)26-22(19-12-5-3-6-13-19)18-24(27)20-14-7-4-8-15-20/h3-10,12-17,24H,2,11,18H2,1H3/t24-/m0/s1. The Morgan fingerprint density at radius 3 is 2.29 bits per heavy atom. The molecular weight excluding hydrogens is 344 g/mol. The van der Waals surface area contributed by atoms with Crippen molar-refractivity contribution in [3.05, 3.63) is 96.1 Å². The Balaban J connectivity index is 1.89. The molecule has 0 saturated carbocycles. The van der Waals surface area contributed by atoms with Crippen molar-refractivity contribution in [2.45, 2.75) is 32.2 Å². The van der Waals surface area contributed by atoms with E-state index >= 15 is 0 Å². The van der Waals surface area contributed by atoms with Gasteiger partial charge in [0.2, 0.25) is 5.91 Å². The molecular formula is C25H24N2O. The summed E-state index contributed by atoms with van der Waals surface area (Å²) in [7, 11) is 0. The number of rotatable bonds is 4. The van der Waals surface area contributed by atoms with Crippen LogP contribution in [-0.4, -0.2) is 11.6 Å². The fraction of sp³-hybridized carbons (Fsp3) is 0.200. The van der Waals surface area contributed by atoms with Crippen LogP contribution in [0, 0.1) is 0 Å². The van der Waals surface area contributed by atoms with Gasteiger partial charge >= 0.3 is 0 Å². The van der Waals surface area contributed by atoms with Crippen LogP contribution in [0.2, 0.25) is 0 Å². The second-order valence-corrected chi connectivity index (χ2v) is 7.06. The lowest BCUT2D eigenvalue weighted by atomic mass is 9.95. The normalized spacial score (nSPS) is 16.1. The first-order chi connectivity index (χ1) is 13.8. The van der Waals surface area contributed by atoms with Crippen LogP contribution in [0.5, 0.6) is 0 Å². The Labute approximate surface area is 166 Å². The molecule has 0 aliphatic carbocycles. The topological polar surface area (TPSA) is 32.7 Å². The predicted molar refractivity (Wildman–Crippen MR) is 115 cm³/mol. The zero-order valence-corrected chi connectivity index (χ0v) is 16.1. The molecule has 1 atom stereocenters. The number of hydrogen-bond acceptors (Lipinski definition) is 2. The third-order valence-corrected chi connectivity index (χ3v) is 5.12. The highest BCUT2D eigenvalue weighted by atomic mass is 16.2. The van der Waals surface area contributed by atoms with Gasteiger partial charge in [0, 0.05) is 12.8 Å². The first kappa shape index (κ1) is 18.2. The number of carbonyl (C=O) groups is 1. The molecule has 1 aliphatic rings. The number of anilines is 1. The molecule has 3 aromatic carbocycles. The lowest BCUT2D eigenvalue weighted by molar-refractivity contribution is -0.119. The van der Waals surface area contributed by atoms with Gasteiger partial charge in [0.25, 0.3) is 0 Å². The van der Waals surface area contributed by atoms with E-state index in [9.17, 15) is 4.79 Å². The molecule has 0 aromatic heterocycles. The van der Waals surface area contributed by atoms with Crippen LogP contribution in [-0.2, 0) is 4.79 Å². The number of amides is 1. The Morgan fingerprint density at radius 2 is 1.57 bits per heavy atom. The average molecular weight is 368 g/mol. The molecule has 1 aliphatic heterocycles. The van der Waals surface area contributed by atoms with Gasteiger partial charge in [0.05, 0.1) is 23.1 Å². The molecule has 0 saturated heterocycles. The average Bonchev–Trinajstić information content (AvgIpc) is 2.92. The summed E-state index contributed by atoms with van der Waals surface area (Å²) in [6, 6.07) is 28.4. The molecule has 1 amide bonds. The molecule has 0 spiro atoms. The maximum Gasteiger partial charge on any atom is 0.227 e. The van der Waals surface area contributed by atoms with E-state index in [2.05, 4.69) is 24.3 Å². The highest BCUT2D eigenvalue weighted by molar-refractivity contribution is 6.07. The SMILES string of the molecule is CCCC(=O)N1c2ccccc2N=C(c2ccccc2)C[C@H]1c1ccccc1. The molecule has 140 valence electrons. The molecule has 0 N–H and O–H groups in total. The summed E-state index contributed by atoms with van der Waals surface area (Å²) in [4.78, 5) is 20.2. The van der Waals surface area contributed by atoms with Gasteiger partial charge in [-0.05, 0) is 29.7 Å². The summed E-state index contributed by atoms with van der Waals surface area (Å²) >= 11 is 0. The van der Waals surface area contributed by atoms with Crippen molar-refractivity contribution in [3.63, 3.8) is 0 Å². The van der Waals surface area contributed by atoms with Gasteiger partial charge in [-0.1, -0.05) is 79.7 Å². The zero-order valence-electron chi connectivity index (χ0n) is 16.1. The molecule has 3 aromatic rings. The van der Waals surface area contributed by atoms with Crippen molar-refractivity contribution in [1.82, 2.24) is 0 Å². The summed E-state index contributed by atoms with van der Waals surface area (Å²) in [5.74, 6) is 0.147. The maximum absolute atomic E-state index is 13.2. The van der Waals surface area contributed by atoms with E-state index in [-0.39, 0.29) is 11.9 Å². The first-order valence-electron chi connectivity index (χ1n) is 9.87. The second-order valence-electron chi connectivity index (χ2n) is 7.06. The predicted octanol–water partition coefficient (Wildman–Crippen LogP) is 6.09. The number of para-hydroxylation sites is 2. The minimum atomic E-state index is -0.0807. The van der Waals surface area contributed by atoms with E-state index in [0.717, 1.165) is 34.6 Å². The zero-order chi connectivity index (χ0) is 19.3. The Hall–Kier alpha value is -3.20. The van der Waals surface area contributed by atoms with Gasteiger partial charge in [-0.25, -0.2) is 0 Å². The second kappa shape index (κ2) is 8.22. The van der Waals surface area contributed by atoms with Gasteiger partial charge in [-0.3, -0.25) is 9.79 Å². The van der Waals surface area contributed by atoms with Crippen LogP contribution in [0.3, 0.4) is 0 Å².